The van der Waals surface area contributed by atoms with E-state index in [1.165, 1.54) is 0 Å². The molecule has 2 aromatic rings. The summed E-state index contributed by atoms with van der Waals surface area (Å²) in [6, 6.07) is 3.87. The van der Waals surface area contributed by atoms with E-state index in [0.29, 0.717) is 12.1 Å². The van der Waals surface area contributed by atoms with E-state index in [9.17, 15) is 22.4 Å². The van der Waals surface area contributed by atoms with Crippen molar-refractivity contribution < 1.29 is 22.4 Å². The molecule has 0 bridgehead atoms. The number of hydrogen-bond donors (Lipinski definition) is 1. The molecular formula is C13H6BrF4NO. The Morgan fingerprint density at radius 2 is 1.60 bits per heavy atom. The molecule has 20 heavy (non-hydrogen) atoms. The van der Waals surface area contributed by atoms with Crippen molar-refractivity contribution in [3.8, 4) is 0 Å². The molecule has 0 aliphatic rings. The van der Waals surface area contributed by atoms with Crippen LogP contribution in [0, 0.1) is 23.3 Å². The van der Waals surface area contributed by atoms with Gasteiger partial charge in [-0.1, -0.05) is 0 Å². The number of hydrogen-bond acceptors (Lipinski definition) is 1. The highest BCUT2D eigenvalue weighted by Gasteiger charge is 2.17. The van der Waals surface area contributed by atoms with Crippen LogP contribution in [-0.4, -0.2) is 5.91 Å². The maximum Gasteiger partial charge on any atom is 0.258 e. The molecule has 0 fully saturated rings. The number of amides is 1. The van der Waals surface area contributed by atoms with Crippen LogP contribution >= 0.6 is 15.9 Å². The highest BCUT2D eigenvalue weighted by Crippen LogP contribution is 2.27. The molecule has 0 unspecified atom stereocenters. The van der Waals surface area contributed by atoms with Gasteiger partial charge in [0.2, 0.25) is 0 Å². The molecule has 0 aliphatic heterocycles. The van der Waals surface area contributed by atoms with Gasteiger partial charge in [0.1, 0.15) is 17.5 Å². The fourth-order valence-electron chi connectivity index (χ4n) is 1.52. The average molecular weight is 348 g/mol. The molecule has 0 spiro atoms. The average Bonchev–Trinajstić information content (AvgIpc) is 2.33. The summed E-state index contributed by atoms with van der Waals surface area (Å²) in [4.78, 5) is 11.8. The highest BCUT2D eigenvalue weighted by atomic mass is 79.9. The third-order valence-electron chi connectivity index (χ3n) is 2.42. The number of benzene rings is 2. The SMILES string of the molecule is O=C(Nc1c(F)cc(F)cc1Br)c1ccc(F)cc1F. The molecule has 7 heteroatoms. The van der Waals surface area contributed by atoms with Crippen LogP contribution in [-0.2, 0) is 0 Å². The number of rotatable bonds is 2. The lowest BCUT2D eigenvalue weighted by atomic mass is 10.2. The first-order chi connectivity index (χ1) is 9.38. The van der Waals surface area contributed by atoms with E-state index in [2.05, 4.69) is 21.2 Å². The highest BCUT2D eigenvalue weighted by molar-refractivity contribution is 9.10. The zero-order valence-corrected chi connectivity index (χ0v) is 11.3. The van der Waals surface area contributed by atoms with Crippen molar-refractivity contribution in [2.24, 2.45) is 0 Å². The summed E-state index contributed by atoms with van der Waals surface area (Å²) in [5, 5.41) is 2.09. The predicted molar refractivity (Wildman–Crippen MR) is 68.4 cm³/mol. The third kappa shape index (κ3) is 2.98. The van der Waals surface area contributed by atoms with Gasteiger partial charge in [0, 0.05) is 16.6 Å². The van der Waals surface area contributed by atoms with Gasteiger partial charge in [0.05, 0.1) is 11.3 Å². The zero-order valence-electron chi connectivity index (χ0n) is 9.68. The van der Waals surface area contributed by atoms with Crippen molar-refractivity contribution in [3.63, 3.8) is 0 Å². The molecule has 0 radical (unpaired) electrons. The molecule has 2 aromatic carbocycles. The van der Waals surface area contributed by atoms with E-state index in [0.717, 1.165) is 18.2 Å². The second-order valence-electron chi connectivity index (χ2n) is 3.82. The summed E-state index contributed by atoms with van der Waals surface area (Å²) < 4.78 is 52.5. The van der Waals surface area contributed by atoms with Gasteiger partial charge in [-0.2, -0.15) is 0 Å². The summed E-state index contributed by atoms with van der Waals surface area (Å²) >= 11 is 2.88. The van der Waals surface area contributed by atoms with Crippen LogP contribution in [0.3, 0.4) is 0 Å². The molecule has 0 saturated carbocycles. The van der Waals surface area contributed by atoms with E-state index < -0.39 is 34.7 Å². The summed E-state index contributed by atoms with van der Waals surface area (Å²) in [5.74, 6) is -4.75. The van der Waals surface area contributed by atoms with Crippen LogP contribution in [0.2, 0.25) is 0 Å². The molecule has 0 saturated heterocycles. The number of halogens is 5. The van der Waals surface area contributed by atoms with Crippen molar-refractivity contribution in [2.75, 3.05) is 5.32 Å². The first-order valence-corrected chi connectivity index (χ1v) is 6.08. The second-order valence-corrected chi connectivity index (χ2v) is 4.68. The van der Waals surface area contributed by atoms with Gasteiger partial charge in [-0.05, 0) is 34.1 Å². The van der Waals surface area contributed by atoms with Gasteiger partial charge in [-0.15, -0.1) is 0 Å². The smallest absolute Gasteiger partial charge is 0.258 e. The second kappa shape index (κ2) is 5.62. The van der Waals surface area contributed by atoms with Gasteiger partial charge in [-0.25, -0.2) is 17.6 Å². The number of anilines is 1. The monoisotopic (exact) mass is 347 g/mol. The van der Waals surface area contributed by atoms with Crippen LogP contribution < -0.4 is 5.32 Å². The Labute approximate surface area is 119 Å². The van der Waals surface area contributed by atoms with Crippen molar-refractivity contribution >= 4 is 27.5 Å². The van der Waals surface area contributed by atoms with Crippen molar-refractivity contribution in [3.05, 3.63) is 63.6 Å². The topological polar surface area (TPSA) is 29.1 Å². The molecule has 0 atom stereocenters. The number of nitrogens with one attached hydrogen (secondary N) is 1. The van der Waals surface area contributed by atoms with E-state index in [4.69, 9.17) is 0 Å². The molecule has 1 amide bonds. The summed E-state index contributed by atoms with van der Waals surface area (Å²) in [7, 11) is 0. The lowest BCUT2D eigenvalue weighted by molar-refractivity contribution is 0.102. The lowest BCUT2D eigenvalue weighted by Crippen LogP contribution is -2.15. The molecule has 2 rings (SSSR count). The molecule has 1 N–H and O–H groups in total. The summed E-state index contributed by atoms with van der Waals surface area (Å²) in [6.07, 6.45) is 0. The van der Waals surface area contributed by atoms with E-state index in [1.54, 1.807) is 0 Å². The minimum atomic E-state index is -1.08. The Bertz CT molecular complexity index is 667. The normalized spacial score (nSPS) is 10.4. The van der Waals surface area contributed by atoms with Crippen molar-refractivity contribution in [2.45, 2.75) is 0 Å². The Kier molecular flexibility index (Phi) is 4.08. The Hall–Kier alpha value is -1.89. The molecule has 0 aliphatic carbocycles. The fraction of sp³-hybridized carbons (Fsp3) is 0. The lowest BCUT2D eigenvalue weighted by Gasteiger charge is -2.09. The van der Waals surface area contributed by atoms with Crippen LogP contribution in [0.4, 0.5) is 23.2 Å². The van der Waals surface area contributed by atoms with Crippen LogP contribution in [0.25, 0.3) is 0 Å². The largest absolute Gasteiger partial charge is 0.318 e. The van der Waals surface area contributed by atoms with Crippen LogP contribution in [0.5, 0.6) is 0 Å². The maximum atomic E-state index is 13.5. The number of carbonyl (C=O) groups is 1. The van der Waals surface area contributed by atoms with Gasteiger partial charge in [-0.3, -0.25) is 4.79 Å². The molecule has 2 nitrogen and oxygen atoms in total. The molecular weight excluding hydrogens is 342 g/mol. The first kappa shape index (κ1) is 14.5. The summed E-state index contributed by atoms with van der Waals surface area (Å²) in [6.45, 7) is 0. The van der Waals surface area contributed by atoms with Crippen LogP contribution in [0.1, 0.15) is 10.4 Å². The fourth-order valence-corrected chi connectivity index (χ4v) is 2.02. The van der Waals surface area contributed by atoms with Gasteiger partial charge < -0.3 is 5.32 Å². The van der Waals surface area contributed by atoms with E-state index in [-0.39, 0.29) is 10.2 Å². The van der Waals surface area contributed by atoms with Gasteiger partial charge in [0.15, 0.2) is 5.82 Å². The van der Waals surface area contributed by atoms with Crippen molar-refractivity contribution in [1.29, 1.82) is 0 Å². The van der Waals surface area contributed by atoms with E-state index >= 15 is 0 Å². The van der Waals surface area contributed by atoms with Gasteiger partial charge in [0.25, 0.3) is 5.91 Å². The quantitative estimate of drug-likeness (QED) is 0.808. The summed E-state index contributed by atoms with van der Waals surface area (Å²) in [5.41, 5.74) is -0.790. The predicted octanol–water partition coefficient (Wildman–Crippen LogP) is 4.26. The minimum Gasteiger partial charge on any atom is -0.318 e. The maximum absolute atomic E-state index is 13.5. The minimum absolute atomic E-state index is 0.0362. The third-order valence-corrected chi connectivity index (χ3v) is 3.05. The Morgan fingerprint density at radius 3 is 2.20 bits per heavy atom. The standard InChI is InChI=1S/C13H6BrF4NO/c14-9-3-7(16)5-11(18)12(9)19-13(20)8-2-1-6(15)4-10(8)17/h1-5H,(H,19,20). The molecule has 104 valence electrons. The van der Waals surface area contributed by atoms with Crippen molar-refractivity contribution in [1.82, 2.24) is 0 Å². The van der Waals surface area contributed by atoms with Gasteiger partial charge >= 0.3 is 0 Å². The van der Waals surface area contributed by atoms with E-state index in [1.807, 2.05) is 0 Å². The zero-order chi connectivity index (χ0) is 14.9. The number of carbonyl (C=O) groups excluding carboxylic acids is 1. The molecule has 0 aromatic heterocycles. The first-order valence-electron chi connectivity index (χ1n) is 5.29. The molecule has 0 heterocycles. The Morgan fingerprint density at radius 1 is 0.950 bits per heavy atom. The Balaban J connectivity index is 2.33. The van der Waals surface area contributed by atoms with Crippen LogP contribution in [0.15, 0.2) is 34.8 Å².